The quantitative estimate of drug-likeness (QED) is 0.670. The largest absolute Gasteiger partial charge is 0.313 e. The maximum Gasteiger partial charge on any atom is 0.0683 e. The van der Waals surface area contributed by atoms with Crippen molar-refractivity contribution in [2.24, 2.45) is 0 Å². The first-order chi connectivity index (χ1) is 7.27. The van der Waals surface area contributed by atoms with Crippen LogP contribution in [0.3, 0.4) is 0 Å². The van der Waals surface area contributed by atoms with Gasteiger partial charge in [0.25, 0.3) is 0 Å². The Hall–Kier alpha value is -0.520. The van der Waals surface area contributed by atoms with E-state index in [1.54, 1.807) is 0 Å². The van der Waals surface area contributed by atoms with Gasteiger partial charge in [-0.3, -0.25) is 4.90 Å². The van der Waals surface area contributed by atoms with Crippen molar-refractivity contribution in [1.82, 2.24) is 10.2 Å². The summed E-state index contributed by atoms with van der Waals surface area (Å²) in [6.07, 6.45) is 10.6. The molecule has 2 nitrogen and oxygen atoms in total. The Morgan fingerprint density at radius 1 is 1.60 bits per heavy atom. The third-order valence-corrected chi connectivity index (χ3v) is 3.21. The lowest BCUT2D eigenvalue weighted by Crippen LogP contribution is -2.42. The van der Waals surface area contributed by atoms with Gasteiger partial charge in [0.05, 0.1) is 6.04 Å². The molecule has 0 aromatic rings. The minimum Gasteiger partial charge on any atom is -0.313 e. The molecule has 0 aliphatic carbocycles. The van der Waals surface area contributed by atoms with Gasteiger partial charge in [-0.05, 0) is 39.3 Å². The van der Waals surface area contributed by atoms with Crippen LogP contribution in [0.1, 0.15) is 39.5 Å². The lowest BCUT2D eigenvalue weighted by Gasteiger charge is -2.28. The Morgan fingerprint density at radius 2 is 2.40 bits per heavy atom. The molecule has 0 bridgehead atoms. The number of unbranched alkanes of at least 4 members (excludes halogenated alkanes) is 1. The molecular weight excluding hydrogens is 184 g/mol. The number of terminal acetylenes is 1. The standard InChI is InChI=1S/C13H24N2/c1-4-6-10-15(12(3)5-2)11-13-8-7-9-14-13/h2,12-14H,4,6-11H2,1,3H3. The zero-order valence-corrected chi connectivity index (χ0v) is 10.1. The van der Waals surface area contributed by atoms with E-state index in [4.69, 9.17) is 6.42 Å². The summed E-state index contributed by atoms with van der Waals surface area (Å²) in [6, 6.07) is 0.941. The van der Waals surface area contributed by atoms with Crippen LogP contribution >= 0.6 is 0 Å². The maximum absolute atomic E-state index is 5.51. The van der Waals surface area contributed by atoms with Gasteiger partial charge in [-0.25, -0.2) is 0 Å². The summed E-state index contributed by atoms with van der Waals surface area (Å²) in [4.78, 5) is 2.44. The first-order valence-electron chi connectivity index (χ1n) is 6.21. The molecule has 1 aliphatic heterocycles. The number of nitrogens with one attached hydrogen (secondary N) is 1. The van der Waals surface area contributed by atoms with Crippen LogP contribution in [0.4, 0.5) is 0 Å². The molecule has 15 heavy (non-hydrogen) atoms. The molecule has 1 aliphatic rings. The maximum atomic E-state index is 5.51. The first-order valence-corrected chi connectivity index (χ1v) is 6.21. The van der Waals surface area contributed by atoms with E-state index < -0.39 is 0 Å². The van der Waals surface area contributed by atoms with Gasteiger partial charge in [-0.2, -0.15) is 0 Å². The number of hydrogen-bond acceptors (Lipinski definition) is 2. The van der Waals surface area contributed by atoms with Crippen LogP contribution < -0.4 is 5.32 Å². The smallest absolute Gasteiger partial charge is 0.0683 e. The van der Waals surface area contributed by atoms with Crippen molar-refractivity contribution >= 4 is 0 Å². The average Bonchev–Trinajstić information content (AvgIpc) is 2.75. The molecule has 2 heteroatoms. The van der Waals surface area contributed by atoms with E-state index in [0.29, 0.717) is 6.04 Å². The molecule has 0 aromatic carbocycles. The predicted octanol–water partition coefficient (Wildman–Crippen LogP) is 1.86. The highest BCUT2D eigenvalue weighted by Gasteiger charge is 2.19. The molecule has 0 saturated carbocycles. The van der Waals surface area contributed by atoms with Gasteiger partial charge in [0.15, 0.2) is 0 Å². The second-order valence-electron chi connectivity index (χ2n) is 4.48. The van der Waals surface area contributed by atoms with Crippen LogP contribution in [-0.4, -0.2) is 36.6 Å². The summed E-state index contributed by atoms with van der Waals surface area (Å²) < 4.78 is 0. The highest BCUT2D eigenvalue weighted by atomic mass is 15.2. The van der Waals surface area contributed by atoms with E-state index in [1.807, 2.05) is 0 Å². The van der Waals surface area contributed by atoms with E-state index in [2.05, 4.69) is 30.0 Å². The molecule has 1 heterocycles. The number of rotatable bonds is 6. The van der Waals surface area contributed by atoms with Gasteiger partial charge in [0.2, 0.25) is 0 Å². The second kappa shape index (κ2) is 6.87. The summed E-state index contributed by atoms with van der Waals surface area (Å²) in [5, 5.41) is 3.53. The van der Waals surface area contributed by atoms with E-state index >= 15 is 0 Å². The third kappa shape index (κ3) is 4.24. The second-order valence-corrected chi connectivity index (χ2v) is 4.48. The molecule has 0 radical (unpaired) electrons. The third-order valence-electron chi connectivity index (χ3n) is 3.21. The lowest BCUT2D eigenvalue weighted by atomic mass is 10.1. The van der Waals surface area contributed by atoms with E-state index in [0.717, 1.165) is 13.1 Å². The lowest BCUT2D eigenvalue weighted by molar-refractivity contribution is 0.222. The minimum absolute atomic E-state index is 0.277. The van der Waals surface area contributed by atoms with E-state index in [9.17, 15) is 0 Å². The number of hydrogen-bond donors (Lipinski definition) is 1. The first kappa shape index (κ1) is 12.5. The van der Waals surface area contributed by atoms with Crippen molar-refractivity contribution in [3.63, 3.8) is 0 Å². The molecule has 86 valence electrons. The Balaban J connectivity index is 2.37. The summed E-state index contributed by atoms with van der Waals surface area (Å²) in [5.41, 5.74) is 0. The fourth-order valence-corrected chi connectivity index (χ4v) is 2.11. The van der Waals surface area contributed by atoms with Crippen LogP contribution in [0.25, 0.3) is 0 Å². The number of nitrogens with zero attached hydrogens (tertiary/aromatic N) is 1. The van der Waals surface area contributed by atoms with Crippen molar-refractivity contribution in [1.29, 1.82) is 0 Å². The zero-order chi connectivity index (χ0) is 11.1. The molecule has 1 N–H and O–H groups in total. The normalized spacial score (nSPS) is 22.9. The van der Waals surface area contributed by atoms with Gasteiger partial charge in [-0.15, -0.1) is 6.42 Å². The van der Waals surface area contributed by atoms with Gasteiger partial charge in [0, 0.05) is 12.6 Å². The Labute approximate surface area is 94.4 Å². The summed E-state index contributed by atoms with van der Waals surface area (Å²) in [7, 11) is 0. The van der Waals surface area contributed by atoms with Crippen LogP contribution in [0, 0.1) is 12.3 Å². The Kier molecular flexibility index (Phi) is 5.75. The molecule has 2 unspecified atom stereocenters. The molecule has 1 rings (SSSR count). The Morgan fingerprint density at radius 3 is 2.93 bits per heavy atom. The summed E-state index contributed by atoms with van der Waals surface area (Å²) in [6.45, 7) is 7.79. The van der Waals surface area contributed by atoms with Crippen molar-refractivity contribution in [3.8, 4) is 12.3 Å². The van der Waals surface area contributed by atoms with Gasteiger partial charge in [0.1, 0.15) is 0 Å². The van der Waals surface area contributed by atoms with Gasteiger partial charge in [-0.1, -0.05) is 19.3 Å². The summed E-state index contributed by atoms with van der Waals surface area (Å²) >= 11 is 0. The van der Waals surface area contributed by atoms with Crippen LogP contribution in [0.2, 0.25) is 0 Å². The fraction of sp³-hybridized carbons (Fsp3) is 0.846. The minimum atomic E-state index is 0.277. The Bertz CT molecular complexity index is 201. The van der Waals surface area contributed by atoms with Crippen molar-refractivity contribution < 1.29 is 0 Å². The predicted molar refractivity (Wildman–Crippen MR) is 65.8 cm³/mol. The highest BCUT2D eigenvalue weighted by molar-refractivity contribution is 4.98. The van der Waals surface area contributed by atoms with Crippen LogP contribution in [-0.2, 0) is 0 Å². The van der Waals surface area contributed by atoms with Crippen molar-refractivity contribution in [2.45, 2.75) is 51.6 Å². The zero-order valence-electron chi connectivity index (χ0n) is 10.1. The topological polar surface area (TPSA) is 15.3 Å². The van der Waals surface area contributed by atoms with Crippen molar-refractivity contribution in [3.05, 3.63) is 0 Å². The summed E-state index contributed by atoms with van der Waals surface area (Å²) in [5.74, 6) is 2.85. The highest BCUT2D eigenvalue weighted by Crippen LogP contribution is 2.10. The van der Waals surface area contributed by atoms with Crippen molar-refractivity contribution in [2.75, 3.05) is 19.6 Å². The fourth-order valence-electron chi connectivity index (χ4n) is 2.11. The van der Waals surface area contributed by atoms with E-state index in [1.165, 1.54) is 32.2 Å². The molecule has 1 saturated heterocycles. The molecule has 0 amide bonds. The molecule has 0 aromatic heterocycles. The molecule has 2 atom stereocenters. The van der Waals surface area contributed by atoms with Gasteiger partial charge >= 0.3 is 0 Å². The van der Waals surface area contributed by atoms with Crippen LogP contribution in [0.15, 0.2) is 0 Å². The van der Waals surface area contributed by atoms with Crippen LogP contribution in [0.5, 0.6) is 0 Å². The average molecular weight is 208 g/mol. The molecule has 1 fully saturated rings. The van der Waals surface area contributed by atoms with E-state index in [-0.39, 0.29) is 6.04 Å². The SMILES string of the molecule is C#CC(C)N(CCCC)CC1CCCN1. The monoisotopic (exact) mass is 208 g/mol. The molecule has 0 spiro atoms. The van der Waals surface area contributed by atoms with Gasteiger partial charge < -0.3 is 5.32 Å². The molecular formula is C13H24N2.